The van der Waals surface area contributed by atoms with E-state index in [9.17, 15) is 26.3 Å². The minimum Gasteiger partial charge on any atom is -0.343 e. The number of aromatic nitrogens is 6. The van der Waals surface area contributed by atoms with Crippen LogP contribution in [0.15, 0.2) is 97.1 Å². The van der Waals surface area contributed by atoms with E-state index in [2.05, 4.69) is 32.6 Å². The van der Waals surface area contributed by atoms with Crippen LogP contribution in [0.1, 0.15) is 22.8 Å². The first-order valence-corrected chi connectivity index (χ1v) is 12.9. The average molecular weight is 731 g/mol. The smallest absolute Gasteiger partial charge is 0.343 e. The van der Waals surface area contributed by atoms with Crippen LogP contribution >= 0.6 is 0 Å². The predicted octanol–water partition coefficient (Wildman–Crippen LogP) is 7.96. The molecule has 46 heavy (non-hydrogen) atoms. The van der Waals surface area contributed by atoms with Crippen LogP contribution < -0.4 is 0 Å². The Kier molecular flexibility index (Phi) is 8.67. The summed E-state index contributed by atoms with van der Waals surface area (Å²) in [5.74, 6) is -4.81. The molecule has 236 valence electrons. The quantitative estimate of drug-likeness (QED) is 0.0992. The van der Waals surface area contributed by atoms with E-state index in [0.29, 0.717) is 32.6 Å². The van der Waals surface area contributed by atoms with Crippen molar-refractivity contribution in [2.45, 2.75) is 18.3 Å². The van der Waals surface area contributed by atoms with Gasteiger partial charge in [-0.15, -0.1) is 12.1 Å². The van der Waals surface area contributed by atoms with Crippen molar-refractivity contribution < 1.29 is 55.5 Å². The number of hydrogen-bond acceptors (Lipinski definition) is 4. The van der Waals surface area contributed by atoms with Crippen molar-refractivity contribution in [1.82, 2.24) is 29.5 Å². The molecule has 0 N–H and O–H groups in total. The largest absolute Gasteiger partial charge is 2.00 e. The molecule has 4 heterocycles. The van der Waals surface area contributed by atoms with Gasteiger partial charge < -0.3 is 9.36 Å². The van der Waals surface area contributed by atoms with Crippen LogP contribution in [-0.2, 0) is 38.7 Å². The molecule has 0 aliphatic carbocycles. The van der Waals surface area contributed by atoms with Gasteiger partial charge in [0.05, 0.1) is 23.0 Å². The molecule has 0 spiro atoms. The Balaban J connectivity index is 0.00000417. The molecule has 4 aromatic heterocycles. The molecule has 0 radical (unpaired) electrons. The summed E-state index contributed by atoms with van der Waals surface area (Å²) in [4.78, 5) is 7.89. The van der Waals surface area contributed by atoms with Gasteiger partial charge in [-0.05, 0) is 34.4 Å². The van der Waals surface area contributed by atoms with Gasteiger partial charge in [-0.25, -0.2) is 0 Å². The van der Waals surface area contributed by atoms with Crippen molar-refractivity contribution in [3.63, 3.8) is 0 Å². The Morgan fingerprint density at radius 1 is 0.478 bits per heavy atom. The van der Waals surface area contributed by atoms with Crippen LogP contribution in [0.2, 0.25) is 0 Å². The molecule has 0 fully saturated rings. The molecule has 0 bridgehead atoms. The number of nitrogens with zero attached hydrogens (tertiary/aromatic N) is 6. The Morgan fingerprint density at radius 3 is 1.17 bits per heavy atom. The molecule has 6 aromatic rings. The van der Waals surface area contributed by atoms with Gasteiger partial charge >= 0.3 is 38.7 Å². The Morgan fingerprint density at radius 2 is 0.848 bits per heavy atom. The number of halogens is 8. The standard InChI is InChI=1S/C31H16F8N6.Pd/c32-29(33,25-15-21(19-7-3-1-4-8-19)17-27(40-25)44-13-11-23(42-44)30(34,35)36)26-16-22(20-9-5-2-6-10-20)18-28(41-26)45-14-12-24(43-45)31(37,38)39;/h1-12,15-18H;/q-2;+2. The van der Waals surface area contributed by atoms with E-state index in [-0.39, 0.29) is 31.5 Å². The molecule has 0 aliphatic heterocycles. The molecular formula is C31H16F8N6Pd. The SMILES string of the molecule is FC(F)(F)c1c[c-]n(-c2cc(-c3ccccc3)cc(C(F)(F)c3cc(-c4ccccc4)cc(-n4[c-]cc(C(F)(F)F)n4)n3)n2)n1.[Pd+2]. The normalized spacial score (nSPS) is 12.2. The molecule has 0 saturated carbocycles. The number of pyridine rings is 2. The fraction of sp³-hybridized carbons (Fsp3) is 0.0968. The van der Waals surface area contributed by atoms with E-state index in [1.54, 1.807) is 60.7 Å². The van der Waals surface area contributed by atoms with Crippen molar-refractivity contribution in [3.8, 4) is 33.9 Å². The van der Waals surface area contributed by atoms with Crippen LogP contribution in [0.25, 0.3) is 33.9 Å². The van der Waals surface area contributed by atoms with Gasteiger partial charge in [0.25, 0.3) is 0 Å². The Labute approximate surface area is 269 Å². The monoisotopic (exact) mass is 730 g/mol. The summed E-state index contributed by atoms with van der Waals surface area (Å²) in [7, 11) is 0. The Bertz CT molecular complexity index is 1830. The molecule has 2 aromatic carbocycles. The summed E-state index contributed by atoms with van der Waals surface area (Å²) in [6.07, 6.45) is -5.13. The van der Waals surface area contributed by atoms with Gasteiger partial charge in [0.15, 0.2) is 0 Å². The van der Waals surface area contributed by atoms with E-state index in [0.717, 1.165) is 12.1 Å². The fourth-order valence-corrected chi connectivity index (χ4v) is 4.38. The maximum absolute atomic E-state index is 16.5. The summed E-state index contributed by atoms with van der Waals surface area (Å²) in [6, 6.07) is 22.1. The van der Waals surface area contributed by atoms with Gasteiger partial charge in [-0.1, -0.05) is 85.2 Å². The minimum absolute atomic E-state index is 0. The minimum atomic E-state index is -4.82. The van der Waals surface area contributed by atoms with Crippen molar-refractivity contribution >= 4 is 0 Å². The predicted molar refractivity (Wildman–Crippen MR) is 144 cm³/mol. The molecule has 0 amide bonds. The third-order valence-corrected chi connectivity index (χ3v) is 6.56. The summed E-state index contributed by atoms with van der Waals surface area (Å²) in [5.41, 5.74) is -3.22. The van der Waals surface area contributed by atoms with Crippen LogP contribution in [0.4, 0.5) is 35.1 Å². The topological polar surface area (TPSA) is 61.4 Å². The van der Waals surface area contributed by atoms with Crippen molar-refractivity contribution in [2.75, 3.05) is 0 Å². The maximum atomic E-state index is 16.5. The van der Waals surface area contributed by atoms with E-state index in [1.165, 1.54) is 12.1 Å². The van der Waals surface area contributed by atoms with Crippen LogP contribution in [-0.4, -0.2) is 29.5 Å². The summed E-state index contributed by atoms with van der Waals surface area (Å²) in [5, 5.41) is 6.84. The number of alkyl halides is 8. The third-order valence-electron chi connectivity index (χ3n) is 6.56. The zero-order chi connectivity index (χ0) is 32.0. The zero-order valence-corrected chi connectivity index (χ0v) is 24.3. The van der Waals surface area contributed by atoms with Gasteiger partial charge in [0.1, 0.15) is 11.4 Å². The average Bonchev–Trinajstić information content (AvgIpc) is 3.73. The van der Waals surface area contributed by atoms with E-state index in [1.807, 2.05) is 0 Å². The molecule has 0 unspecified atom stereocenters. The summed E-state index contributed by atoms with van der Waals surface area (Å²) < 4.78 is 114. The van der Waals surface area contributed by atoms with Crippen LogP contribution in [0, 0.1) is 12.4 Å². The van der Waals surface area contributed by atoms with Gasteiger partial charge in [0, 0.05) is 0 Å². The second kappa shape index (κ2) is 12.2. The number of benzene rings is 2. The second-order valence-electron chi connectivity index (χ2n) is 9.64. The zero-order valence-electron chi connectivity index (χ0n) is 22.8. The van der Waals surface area contributed by atoms with E-state index < -0.39 is 52.7 Å². The molecule has 0 aliphatic rings. The Hall–Kier alpha value is -4.74. The molecular weight excluding hydrogens is 715 g/mol. The van der Waals surface area contributed by atoms with Gasteiger partial charge in [-0.3, -0.25) is 20.2 Å². The van der Waals surface area contributed by atoms with Gasteiger partial charge in [0.2, 0.25) is 0 Å². The molecule has 6 rings (SSSR count). The second-order valence-corrected chi connectivity index (χ2v) is 9.64. The first-order chi connectivity index (χ1) is 21.3. The van der Waals surface area contributed by atoms with Crippen LogP contribution in [0.3, 0.4) is 0 Å². The number of hydrogen-bond donors (Lipinski definition) is 0. The molecule has 6 nitrogen and oxygen atoms in total. The summed E-state index contributed by atoms with van der Waals surface area (Å²) in [6.45, 7) is 0. The van der Waals surface area contributed by atoms with Crippen molar-refractivity contribution in [3.05, 3.63) is 132 Å². The van der Waals surface area contributed by atoms with Gasteiger partial charge in [-0.2, -0.15) is 35.1 Å². The first kappa shape index (κ1) is 32.6. The maximum Gasteiger partial charge on any atom is 2.00 e. The third kappa shape index (κ3) is 6.61. The summed E-state index contributed by atoms with van der Waals surface area (Å²) >= 11 is 0. The van der Waals surface area contributed by atoms with E-state index >= 15 is 8.78 Å². The van der Waals surface area contributed by atoms with Crippen molar-refractivity contribution in [1.29, 1.82) is 0 Å². The molecule has 0 saturated heterocycles. The fourth-order valence-electron chi connectivity index (χ4n) is 4.38. The first-order valence-electron chi connectivity index (χ1n) is 12.9. The molecule has 0 atom stereocenters. The van der Waals surface area contributed by atoms with E-state index in [4.69, 9.17) is 0 Å². The molecule has 15 heteroatoms. The van der Waals surface area contributed by atoms with Crippen LogP contribution in [0.5, 0.6) is 0 Å². The number of rotatable bonds is 6. The van der Waals surface area contributed by atoms with Crippen molar-refractivity contribution in [2.24, 2.45) is 0 Å².